The van der Waals surface area contributed by atoms with Gasteiger partial charge in [0.1, 0.15) is 5.76 Å². The Morgan fingerprint density at radius 3 is 2.58 bits per heavy atom. The van der Waals surface area contributed by atoms with Gasteiger partial charge in [-0.15, -0.1) is 0 Å². The second kappa shape index (κ2) is 7.41. The minimum absolute atomic E-state index is 0.139. The summed E-state index contributed by atoms with van der Waals surface area (Å²) in [6.07, 6.45) is 3.88. The molecule has 0 fully saturated rings. The Labute approximate surface area is 119 Å². The van der Waals surface area contributed by atoms with E-state index >= 15 is 0 Å². The van der Waals surface area contributed by atoms with E-state index in [9.17, 15) is 0 Å². The molecule has 0 bridgehead atoms. The molecule has 0 aliphatic carbocycles. The van der Waals surface area contributed by atoms with E-state index in [-0.39, 0.29) is 6.04 Å². The first-order valence-electron chi connectivity index (χ1n) is 6.62. The van der Waals surface area contributed by atoms with E-state index in [4.69, 9.17) is 4.42 Å². The molecule has 2 rings (SSSR count). The molecule has 0 saturated carbocycles. The van der Waals surface area contributed by atoms with Crippen LogP contribution in [0.15, 0.2) is 53.1 Å². The predicted octanol–water partition coefficient (Wildman–Crippen LogP) is 3.96. The van der Waals surface area contributed by atoms with Gasteiger partial charge in [-0.2, -0.15) is 11.8 Å². The summed E-state index contributed by atoms with van der Waals surface area (Å²) in [5.41, 5.74) is 1.24. The molecule has 1 aromatic carbocycles. The van der Waals surface area contributed by atoms with Crippen LogP contribution in [0, 0.1) is 5.92 Å². The number of nitrogens with one attached hydrogen (secondary N) is 1. The number of rotatable bonds is 7. The standard InChI is InChI=1S/C16H21NOS/c1-13(12-19-2)11-17-16(15-9-6-10-18-15)14-7-4-3-5-8-14/h3-10,13,16-17H,11-12H2,1-2H3. The molecule has 19 heavy (non-hydrogen) atoms. The maximum Gasteiger partial charge on any atom is 0.125 e. The van der Waals surface area contributed by atoms with Crippen molar-refractivity contribution in [3.63, 3.8) is 0 Å². The van der Waals surface area contributed by atoms with Crippen molar-refractivity contribution >= 4 is 11.8 Å². The van der Waals surface area contributed by atoms with Crippen LogP contribution >= 0.6 is 11.8 Å². The second-order valence-corrected chi connectivity index (χ2v) is 5.74. The molecular formula is C16H21NOS. The van der Waals surface area contributed by atoms with Crippen LogP contribution in [-0.4, -0.2) is 18.6 Å². The summed E-state index contributed by atoms with van der Waals surface area (Å²) >= 11 is 1.89. The van der Waals surface area contributed by atoms with Gasteiger partial charge in [0.2, 0.25) is 0 Å². The summed E-state index contributed by atoms with van der Waals surface area (Å²) in [6, 6.07) is 14.6. The lowest BCUT2D eigenvalue weighted by molar-refractivity contribution is 0.428. The number of hydrogen-bond acceptors (Lipinski definition) is 3. The molecule has 2 aromatic rings. The fraction of sp³-hybridized carbons (Fsp3) is 0.375. The van der Waals surface area contributed by atoms with E-state index in [2.05, 4.69) is 42.8 Å². The molecule has 0 amide bonds. The lowest BCUT2D eigenvalue weighted by Crippen LogP contribution is -2.27. The molecule has 0 spiro atoms. The third-order valence-electron chi connectivity index (χ3n) is 3.08. The summed E-state index contributed by atoms with van der Waals surface area (Å²) in [4.78, 5) is 0. The predicted molar refractivity (Wildman–Crippen MR) is 82.5 cm³/mol. The highest BCUT2D eigenvalue weighted by Crippen LogP contribution is 2.22. The monoisotopic (exact) mass is 275 g/mol. The van der Waals surface area contributed by atoms with Crippen LogP contribution in [0.1, 0.15) is 24.3 Å². The topological polar surface area (TPSA) is 25.2 Å². The normalized spacial score (nSPS) is 14.2. The molecule has 0 aliphatic heterocycles. The Morgan fingerprint density at radius 1 is 1.16 bits per heavy atom. The summed E-state index contributed by atoms with van der Waals surface area (Å²) in [5, 5.41) is 3.62. The largest absolute Gasteiger partial charge is 0.467 e. The van der Waals surface area contributed by atoms with Crippen LogP contribution in [0.5, 0.6) is 0 Å². The number of benzene rings is 1. The number of thioether (sulfide) groups is 1. The molecule has 2 unspecified atom stereocenters. The van der Waals surface area contributed by atoms with Crippen LogP contribution in [-0.2, 0) is 0 Å². The summed E-state index contributed by atoms with van der Waals surface area (Å²) in [6.45, 7) is 3.26. The third-order valence-corrected chi connectivity index (χ3v) is 3.98. The van der Waals surface area contributed by atoms with Gasteiger partial charge in [-0.25, -0.2) is 0 Å². The fourth-order valence-corrected chi connectivity index (χ4v) is 2.83. The maximum absolute atomic E-state index is 5.57. The first-order chi connectivity index (χ1) is 9.31. The van der Waals surface area contributed by atoms with Crippen molar-refractivity contribution in [2.45, 2.75) is 13.0 Å². The zero-order chi connectivity index (χ0) is 13.5. The minimum atomic E-state index is 0.139. The van der Waals surface area contributed by atoms with E-state index in [1.807, 2.05) is 30.0 Å². The first kappa shape index (κ1) is 14.2. The molecule has 102 valence electrons. The van der Waals surface area contributed by atoms with E-state index in [1.54, 1.807) is 6.26 Å². The SMILES string of the molecule is CSCC(C)CNC(c1ccccc1)c1ccco1. The fourth-order valence-electron chi connectivity index (χ4n) is 2.15. The van der Waals surface area contributed by atoms with Crippen molar-refractivity contribution in [1.82, 2.24) is 5.32 Å². The van der Waals surface area contributed by atoms with Gasteiger partial charge in [-0.3, -0.25) is 0 Å². The van der Waals surface area contributed by atoms with Crippen LogP contribution in [0.2, 0.25) is 0 Å². The minimum Gasteiger partial charge on any atom is -0.467 e. The second-order valence-electron chi connectivity index (χ2n) is 4.83. The average Bonchev–Trinajstić information content (AvgIpc) is 2.94. The van der Waals surface area contributed by atoms with Crippen molar-refractivity contribution < 1.29 is 4.42 Å². The molecule has 3 heteroatoms. The van der Waals surface area contributed by atoms with E-state index in [0.717, 1.165) is 12.3 Å². The van der Waals surface area contributed by atoms with Gasteiger partial charge < -0.3 is 9.73 Å². The van der Waals surface area contributed by atoms with Crippen molar-refractivity contribution in [1.29, 1.82) is 0 Å². The lowest BCUT2D eigenvalue weighted by atomic mass is 10.0. The van der Waals surface area contributed by atoms with Crippen LogP contribution < -0.4 is 5.32 Å². The molecular weight excluding hydrogens is 254 g/mol. The van der Waals surface area contributed by atoms with Gasteiger partial charge in [0.15, 0.2) is 0 Å². The van der Waals surface area contributed by atoms with E-state index < -0.39 is 0 Å². The molecule has 1 aromatic heterocycles. The Morgan fingerprint density at radius 2 is 1.95 bits per heavy atom. The molecule has 1 heterocycles. The maximum atomic E-state index is 5.57. The van der Waals surface area contributed by atoms with E-state index in [0.29, 0.717) is 5.92 Å². The highest BCUT2D eigenvalue weighted by Gasteiger charge is 2.16. The van der Waals surface area contributed by atoms with Gasteiger partial charge in [0, 0.05) is 0 Å². The van der Waals surface area contributed by atoms with Gasteiger partial charge in [0.25, 0.3) is 0 Å². The van der Waals surface area contributed by atoms with E-state index in [1.165, 1.54) is 11.3 Å². The first-order valence-corrected chi connectivity index (χ1v) is 8.01. The van der Waals surface area contributed by atoms with Gasteiger partial charge >= 0.3 is 0 Å². The average molecular weight is 275 g/mol. The molecule has 2 atom stereocenters. The molecule has 0 aliphatic rings. The summed E-state index contributed by atoms with van der Waals surface area (Å²) in [7, 11) is 0. The summed E-state index contributed by atoms with van der Waals surface area (Å²) in [5.74, 6) is 2.80. The highest BCUT2D eigenvalue weighted by molar-refractivity contribution is 7.98. The highest BCUT2D eigenvalue weighted by atomic mass is 32.2. The van der Waals surface area contributed by atoms with Crippen LogP contribution in [0.4, 0.5) is 0 Å². The number of furan rings is 1. The lowest BCUT2D eigenvalue weighted by Gasteiger charge is -2.19. The van der Waals surface area contributed by atoms with Crippen molar-refractivity contribution in [2.75, 3.05) is 18.6 Å². The van der Waals surface area contributed by atoms with Crippen molar-refractivity contribution in [3.05, 3.63) is 60.1 Å². The van der Waals surface area contributed by atoms with Crippen molar-refractivity contribution in [3.8, 4) is 0 Å². The van der Waals surface area contributed by atoms with Gasteiger partial charge in [-0.05, 0) is 42.2 Å². The zero-order valence-electron chi connectivity index (χ0n) is 11.5. The Kier molecular flexibility index (Phi) is 5.55. The molecule has 1 N–H and O–H groups in total. The van der Waals surface area contributed by atoms with Crippen LogP contribution in [0.3, 0.4) is 0 Å². The summed E-state index contributed by atoms with van der Waals surface area (Å²) < 4.78 is 5.57. The van der Waals surface area contributed by atoms with Gasteiger partial charge in [-0.1, -0.05) is 37.3 Å². The Hall–Kier alpha value is -1.19. The molecule has 2 nitrogen and oxygen atoms in total. The van der Waals surface area contributed by atoms with Gasteiger partial charge in [0.05, 0.1) is 12.3 Å². The molecule has 0 radical (unpaired) electrons. The quantitative estimate of drug-likeness (QED) is 0.828. The van der Waals surface area contributed by atoms with Crippen LogP contribution in [0.25, 0.3) is 0 Å². The zero-order valence-corrected chi connectivity index (χ0v) is 12.3. The smallest absolute Gasteiger partial charge is 0.125 e. The molecule has 0 saturated heterocycles. The Balaban J connectivity index is 2.08. The number of hydrogen-bond donors (Lipinski definition) is 1. The third kappa shape index (κ3) is 4.15. The van der Waals surface area contributed by atoms with Crippen molar-refractivity contribution in [2.24, 2.45) is 5.92 Å². The Bertz CT molecular complexity index is 455.